The predicted octanol–water partition coefficient (Wildman–Crippen LogP) is 2.25. The van der Waals surface area contributed by atoms with Gasteiger partial charge in [0.1, 0.15) is 10.6 Å². The van der Waals surface area contributed by atoms with E-state index in [2.05, 4.69) is 9.62 Å². The molecule has 1 saturated heterocycles. The Balaban J connectivity index is 2.12. The molecule has 3 rings (SSSR count). The quantitative estimate of drug-likeness (QED) is 0.719. The molecule has 0 aliphatic carbocycles. The van der Waals surface area contributed by atoms with Crippen LogP contribution in [-0.4, -0.2) is 28.9 Å². The summed E-state index contributed by atoms with van der Waals surface area (Å²) in [7, 11) is -1.33. The van der Waals surface area contributed by atoms with Crippen molar-refractivity contribution < 1.29 is 13.8 Å². The lowest BCUT2D eigenvalue weighted by molar-refractivity contribution is 0.409. The minimum Gasteiger partial charge on any atom is -0.497 e. The Morgan fingerprint density at radius 3 is 3.06 bits per heavy atom. The lowest BCUT2D eigenvalue weighted by Crippen LogP contribution is -2.46. The van der Waals surface area contributed by atoms with E-state index < -0.39 is 10.8 Å². The summed E-state index contributed by atoms with van der Waals surface area (Å²) >= 11 is 0. The molecule has 0 aromatic heterocycles. The molecule has 0 spiro atoms. The number of ether oxygens (including phenoxy) is 1. The Kier molecular flexibility index (Phi) is 2.48. The second-order valence-electron chi connectivity index (χ2n) is 4.35. The van der Waals surface area contributed by atoms with Crippen molar-refractivity contribution in [3.63, 3.8) is 0 Å². The van der Waals surface area contributed by atoms with E-state index in [-0.39, 0.29) is 6.17 Å². The topological polar surface area (TPSA) is 65.0 Å². The number of rotatable bonds is 1. The molecule has 0 saturated carbocycles. The van der Waals surface area contributed by atoms with Crippen molar-refractivity contribution in [3.05, 3.63) is 18.2 Å². The van der Waals surface area contributed by atoms with Crippen LogP contribution in [0, 0.1) is 0 Å². The van der Waals surface area contributed by atoms with E-state index in [1.807, 2.05) is 12.1 Å². The molecule has 1 aromatic carbocycles. The van der Waals surface area contributed by atoms with Gasteiger partial charge in [0.2, 0.25) is 0 Å². The molecular weight excluding hydrogens is 240 g/mol. The smallest absolute Gasteiger partial charge is 0.120 e. The SMILES string of the molecule is COc1ccc2c(c1)S(O)(O)NC1CCCN21. The van der Waals surface area contributed by atoms with Crippen molar-refractivity contribution in [3.8, 4) is 5.75 Å². The first-order valence-corrected chi connectivity index (χ1v) is 7.17. The Bertz CT molecular complexity index is 452. The summed E-state index contributed by atoms with van der Waals surface area (Å²) in [6, 6.07) is 5.46. The van der Waals surface area contributed by atoms with Gasteiger partial charge in [0.15, 0.2) is 0 Å². The van der Waals surface area contributed by atoms with Crippen molar-refractivity contribution in [1.29, 1.82) is 0 Å². The third-order valence-corrected chi connectivity index (χ3v) is 4.88. The highest BCUT2D eigenvalue weighted by molar-refractivity contribution is 8.22. The minimum atomic E-state index is -2.90. The zero-order valence-corrected chi connectivity index (χ0v) is 10.4. The van der Waals surface area contributed by atoms with Crippen LogP contribution in [0.3, 0.4) is 0 Å². The summed E-state index contributed by atoms with van der Waals surface area (Å²) in [6.45, 7) is 0.951. The highest BCUT2D eigenvalue weighted by Gasteiger charge is 2.37. The van der Waals surface area contributed by atoms with Crippen LogP contribution < -0.4 is 14.4 Å². The second-order valence-corrected chi connectivity index (χ2v) is 6.13. The third kappa shape index (κ3) is 1.68. The summed E-state index contributed by atoms with van der Waals surface area (Å²) in [6.07, 6.45) is 2.06. The van der Waals surface area contributed by atoms with E-state index in [0.29, 0.717) is 10.6 Å². The zero-order chi connectivity index (χ0) is 12.0. The van der Waals surface area contributed by atoms with Crippen LogP contribution in [0.2, 0.25) is 0 Å². The van der Waals surface area contributed by atoms with E-state index >= 15 is 0 Å². The van der Waals surface area contributed by atoms with E-state index in [1.54, 1.807) is 13.2 Å². The molecule has 1 fully saturated rings. The van der Waals surface area contributed by atoms with Gasteiger partial charge in [-0.1, -0.05) is 0 Å². The van der Waals surface area contributed by atoms with Gasteiger partial charge in [0, 0.05) is 12.6 Å². The van der Waals surface area contributed by atoms with Crippen molar-refractivity contribution in [2.45, 2.75) is 23.9 Å². The minimum absolute atomic E-state index is 0.0425. The van der Waals surface area contributed by atoms with E-state index in [9.17, 15) is 9.11 Å². The normalized spacial score (nSPS) is 27.2. The van der Waals surface area contributed by atoms with Gasteiger partial charge in [-0.15, -0.1) is 10.8 Å². The van der Waals surface area contributed by atoms with Crippen molar-refractivity contribution in [2.75, 3.05) is 18.6 Å². The van der Waals surface area contributed by atoms with E-state index in [0.717, 1.165) is 25.1 Å². The van der Waals surface area contributed by atoms with Crippen LogP contribution in [0.15, 0.2) is 23.1 Å². The molecule has 1 unspecified atom stereocenters. The number of nitrogens with zero attached hydrogens (tertiary/aromatic N) is 1. The molecular formula is C11H16N2O3S. The number of hydrogen-bond donors (Lipinski definition) is 3. The molecule has 0 radical (unpaired) electrons. The molecule has 6 heteroatoms. The first-order chi connectivity index (χ1) is 8.12. The molecule has 1 atom stereocenters. The zero-order valence-electron chi connectivity index (χ0n) is 9.59. The largest absolute Gasteiger partial charge is 0.497 e. The summed E-state index contributed by atoms with van der Waals surface area (Å²) < 4.78 is 28.3. The molecule has 0 bridgehead atoms. The van der Waals surface area contributed by atoms with Crippen LogP contribution in [0.1, 0.15) is 12.8 Å². The average molecular weight is 256 g/mol. The highest BCUT2D eigenvalue weighted by atomic mass is 32.3. The fourth-order valence-electron chi connectivity index (χ4n) is 2.52. The lowest BCUT2D eigenvalue weighted by Gasteiger charge is -2.46. The Morgan fingerprint density at radius 2 is 2.29 bits per heavy atom. The first kappa shape index (κ1) is 11.2. The van der Waals surface area contributed by atoms with Crippen LogP contribution in [-0.2, 0) is 0 Å². The van der Waals surface area contributed by atoms with Gasteiger partial charge >= 0.3 is 0 Å². The Hall–Kier alpha value is -0.950. The van der Waals surface area contributed by atoms with Crippen LogP contribution in [0.5, 0.6) is 5.75 Å². The Labute approximate surface area is 102 Å². The highest BCUT2D eigenvalue weighted by Crippen LogP contribution is 2.55. The number of methoxy groups -OCH3 is 1. The fraction of sp³-hybridized carbons (Fsp3) is 0.455. The summed E-state index contributed by atoms with van der Waals surface area (Å²) in [4.78, 5) is 2.72. The maximum atomic E-state index is 10.1. The average Bonchev–Trinajstić information content (AvgIpc) is 2.75. The van der Waals surface area contributed by atoms with Gasteiger partial charge < -0.3 is 9.64 Å². The fourth-order valence-corrected chi connectivity index (χ4v) is 4.03. The van der Waals surface area contributed by atoms with Crippen molar-refractivity contribution in [2.24, 2.45) is 0 Å². The first-order valence-electron chi connectivity index (χ1n) is 5.62. The second kappa shape index (κ2) is 3.78. The van der Waals surface area contributed by atoms with E-state index in [1.165, 1.54) is 0 Å². The standard InChI is InChI=1S/C11H16N2O3S/c1-16-8-4-5-9-10(7-8)17(14,15)12-11-3-2-6-13(9)11/h4-5,7,11-12,14-15H,2-3,6H2,1H3. The molecule has 1 aromatic rings. The van der Waals surface area contributed by atoms with Gasteiger partial charge in [-0.25, -0.2) is 0 Å². The van der Waals surface area contributed by atoms with Crippen LogP contribution >= 0.6 is 10.8 Å². The summed E-state index contributed by atoms with van der Waals surface area (Å²) in [5, 5.41) is 0. The molecule has 3 N–H and O–H groups in total. The number of fused-ring (bicyclic) bond motifs is 3. The maximum absolute atomic E-state index is 10.1. The maximum Gasteiger partial charge on any atom is 0.120 e. The molecule has 2 aliphatic rings. The van der Waals surface area contributed by atoms with Crippen molar-refractivity contribution in [1.82, 2.24) is 4.72 Å². The van der Waals surface area contributed by atoms with Gasteiger partial charge in [0.25, 0.3) is 0 Å². The van der Waals surface area contributed by atoms with Crippen molar-refractivity contribution >= 4 is 16.5 Å². The van der Waals surface area contributed by atoms with Gasteiger partial charge in [-0.3, -0.25) is 9.11 Å². The predicted molar refractivity (Wildman–Crippen MR) is 67.6 cm³/mol. The number of benzene rings is 1. The molecule has 2 heterocycles. The van der Waals surface area contributed by atoms with Gasteiger partial charge in [-0.2, -0.15) is 4.72 Å². The summed E-state index contributed by atoms with van der Waals surface area (Å²) in [5.41, 5.74) is 0.909. The molecule has 17 heavy (non-hydrogen) atoms. The monoisotopic (exact) mass is 256 g/mol. The van der Waals surface area contributed by atoms with E-state index in [4.69, 9.17) is 4.74 Å². The third-order valence-electron chi connectivity index (χ3n) is 3.34. The summed E-state index contributed by atoms with van der Waals surface area (Å²) in [5.74, 6) is 0.642. The molecule has 94 valence electrons. The van der Waals surface area contributed by atoms with Gasteiger partial charge in [0.05, 0.1) is 19.0 Å². The lowest BCUT2D eigenvalue weighted by atomic mass is 10.2. The number of nitrogens with one attached hydrogen (secondary N) is 1. The van der Waals surface area contributed by atoms with Crippen LogP contribution in [0.25, 0.3) is 0 Å². The Morgan fingerprint density at radius 1 is 1.47 bits per heavy atom. The van der Waals surface area contributed by atoms with Crippen LogP contribution in [0.4, 0.5) is 5.69 Å². The molecule has 0 amide bonds. The molecule has 2 aliphatic heterocycles. The van der Waals surface area contributed by atoms with Gasteiger partial charge in [-0.05, 0) is 25.0 Å². The number of hydrogen-bond acceptors (Lipinski definition) is 5. The number of anilines is 1. The molecule has 5 nitrogen and oxygen atoms in total.